The molecule has 0 bridgehead atoms. The monoisotopic (exact) mass is 304 g/mol. The Morgan fingerprint density at radius 1 is 1.50 bits per heavy atom. The first-order chi connectivity index (χ1) is 10.3. The lowest BCUT2D eigenvalue weighted by molar-refractivity contribution is -0.885. The quantitative estimate of drug-likeness (QED) is 0.782. The van der Waals surface area contributed by atoms with E-state index in [1.54, 1.807) is 14.0 Å². The maximum Gasteiger partial charge on any atom is 0.276 e. The van der Waals surface area contributed by atoms with Crippen LogP contribution in [0.3, 0.4) is 0 Å². The van der Waals surface area contributed by atoms with E-state index in [1.165, 1.54) is 0 Å². The fourth-order valence-electron chi connectivity index (χ4n) is 2.10. The molecule has 0 aromatic heterocycles. The van der Waals surface area contributed by atoms with Crippen molar-refractivity contribution in [2.75, 3.05) is 20.7 Å². The molecule has 0 saturated heterocycles. The van der Waals surface area contributed by atoms with Gasteiger partial charge >= 0.3 is 0 Å². The fourth-order valence-corrected chi connectivity index (χ4v) is 2.10. The summed E-state index contributed by atoms with van der Waals surface area (Å²) in [6.45, 7) is 6.65. The molecule has 22 heavy (non-hydrogen) atoms. The summed E-state index contributed by atoms with van der Waals surface area (Å²) in [5.41, 5.74) is 0.282. The Kier molecular flexibility index (Phi) is 6.39. The van der Waals surface area contributed by atoms with Gasteiger partial charge in [0.2, 0.25) is 0 Å². The molecule has 0 heterocycles. The molecule has 5 nitrogen and oxygen atoms in total. The van der Waals surface area contributed by atoms with Gasteiger partial charge in [-0.25, -0.2) is 0 Å². The molecule has 0 fully saturated rings. The summed E-state index contributed by atoms with van der Waals surface area (Å²) in [7, 11) is 3.59. The van der Waals surface area contributed by atoms with Gasteiger partial charge in [-0.15, -0.1) is 0 Å². The molecule has 0 aliphatic rings. The van der Waals surface area contributed by atoms with Crippen LogP contribution < -0.4 is 15.0 Å². The van der Waals surface area contributed by atoms with Crippen LogP contribution in [-0.2, 0) is 11.3 Å². The van der Waals surface area contributed by atoms with Gasteiger partial charge in [0.1, 0.15) is 17.8 Å². The van der Waals surface area contributed by atoms with Gasteiger partial charge in [-0.3, -0.25) is 4.79 Å². The number of quaternary nitrogens is 1. The van der Waals surface area contributed by atoms with E-state index in [4.69, 9.17) is 4.74 Å². The number of hydrogen-bond acceptors (Lipinski definition) is 3. The second-order valence-electron chi connectivity index (χ2n) is 6.18. The molecule has 0 saturated carbocycles. The lowest BCUT2D eigenvalue weighted by Crippen LogP contribution is -3.09. The van der Waals surface area contributed by atoms with Crippen molar-refractivity contribution in [3.8, 4) is 11.8 Å². The number of hydrogen-bond donors (Lipinski definition) is 2. The average molecular weight is 304 g/mol. The number of nitrogens with zero attached hydrogens (tertiary/aromatic N) is 1. The van der Waals surface area contributed by atoms with Gasteiger partial charge in [-0.2, -0.15) is 5.26 Å². The summed E-state index contributed by atoms with van der Waals surface area (Å²) in [6, 6.07) is 10.0. The minimum absolute atomic E-state index is 0.0557. The highest BCUT2D eigenvalue weighted by Gasteiger charge is 2.30. The molecule has 1 rings (SSSR count). The SMILES string of the molecule is COc1cccc(C[NH+](C)CC(=O)N[C@](C)(C#N)C(C)C)c1. The van der Waals surface area contributed by atoms with Crippen LogP contribution in [-0.4, -0.2) is 32.1 Å². The van der Waals surface area contributed by atoms with Crippen molar-refractivity contribution in [2.45, 2.75) is 32.9 Å². The highest BCUT2D eigenvalue weighted by Crippen LogP contribution is 2.14. The van der Waals surface area contributed by atoms with Crippen molar-refractivity contribution in [2.24, 2.45) is 5.92 Å². The highest BCUT2D eigenvalue weighted by atomic mass is 16.5. The van der Waals surface area contributed by atoms with Gasteiger partial charge < -0.3 is 15.0 Å². The summed E-state index contributed by atoms with van der Waals surface area (Å²) >= 11 is 0. The number of ether oxygens (including phenoxy) is 1. The molecular formula is C17H26N3O2+. The van der Waals surface area contributed by atoms with Gasteiger partial charge in [0, 0.05) is 5.56 Å². The third kappa shape index (κ3) is 5.05. The lowest BCUT2D eigenvalue weighted by Gasteiger charge is -2.27. The van der Waals surface area contributed by atoms with Crippen molar-refractivity contribution in [3.63, 3.8) is 0 Å². The maximum atomic E-state index is 12.1. The van der Waals surface area contributed by atoms with E-state index in [-0.39, 0.29) is 11.8 Å². The van der Waals surface area contributed by atoms with Crippen LogP contribution >= 0.6 is 0 Å². The molecule has 5 heteroatoms. The van der Waals surface area contributed by atoms with E-state index < -0.39 is 5.54 Å². The zero-order valence-electron chi connectivity index (χ0n) is 14.1. The van der Waals surface area contributed by atoms with Crippen molar-refractivity contribution >= 4 is 5.91 Å². The van der Waals surface area contributed by atoms with Crippen LogP contribution in [0.25, 0.3) is 0 Å². The number of carbonyl (C=O) groups is 1. The Balaban J connectivity index is 2.59. The molecule has 1 unspecified atom stereocenters. The Morgan fingerprint density at radius 3 is 2.73 bits per heavy atom. The summed E-state index contributed by atoms with van der Waals surface area (Å²) in [6.07, 6.45) is 0. The smallest absolute Gasteiger partial charge is 0.276 e. The first kappa shape index (κ1) is 18.0. The predicted octanol–water partition coefficient (Wildman–Crippen LogP) is 0.764. The maximum absolute atomic E-state index is 12.1. The Hall–Kier alpha value is -2.06. The van der Waals surface area contributed by atoms with E-state index in [0.29, 0.717) is 6.54 Å². The predicted molar refractivity (Wildman–Crippen MR) is 85.5 cm³/mol. The van der Waals surface area contributed by atoms with E-state index >= 15 is 0 Å². The third-order valence-electron chi connectivity index (χ3n) is 3.89. The van der Waals surface area contributed by atoms with Gasteiger partial charge in [-0.05, 0) is 25.0 Å². The number of methoxy groups -OCH3 is 1. The first-order valence-corrected chi connectivity index (χ1v) is 7.47. The van der Waals surface area contributed by atoms with E-state index in [2.05, 4.69) is 11.4 Å². The van der Waals surface area contributed by atoms with E-state index in [0.717, 1.165) is 22.8 Å². The number of carbonyl (C=O) groups excluding carboxylic acids is 1. The standard InChI is InChI=1S/C17H25N3O2/c1-13(2)17(3,12-18)19-16(21)11-20(4)10-14-7-6-8-15(9-14)22-5/h6-9,13H,10-11H2,1-5H3,(H,19,21)/p+1/t17-/m1/s1. The Morgan fingerprint density at radius 2 is 2.18 bits per heavy atom. The van der Waals surface area contributed by atoms with Crippen LogP contribution in [0.4, 0.5) is 0 Å². The van der Waals surface area contributed by atoms with Crippen molar-refractivity contribution in [1.82, 2.24) is 5.32 Å². The number of rotatable bonds is 7. The normalized spacial score (nSPS) is 14.8. The number of amides is 1. The molecule has 2 atom stereocenters. The summed E-state index contributed by atoms with van der Waals surface area (Å²) in [5.74, 6) is 0.755. The minimum atomic E-state index is -0.826. The Labute approximate surface area is 132 Å². The summed E-state index contributed by atoms with van der Waals surface area (Å²) < 4.78 is 5.20. The summed E-state index contributed by atoms with van der Waals surface area (Å²) in [5, 5.41) is 12.1. The van der Waals surface area contributed by atoms with Crippen molar-refractivity contribution in [1.29, 1.82) is 5.26 Å². The fraction of sp³-hybridized carbons (Fsp3) is 0.529. The molecular weight excluding hydrogens is 278 g/mol. The average Bonchev–Trinajstić information content (AvgIpc) is 2.46. The van der Waals surface area contributed by atoms with Crippen LogP contribution in [0.1, 0.15) is 26.3 Å². The Bertz CT molecular complexity index is 551. The molecule has 0 radical (unpaired) electrons. The topological polar surface area (TPSA) is 66.6 Å². The van der Waals surface area contributed by atoms with E-state index in [1.807, 2.05) is 45.2 Å². The zero-order chi connectivity index (χ0) is 16.8. The number of likely N-dealkylation sites (N-methyl/N-ethyl adjacent to an activating group) is 1. The molecule has 1 aromatic carbocycles. The number of nitriles is 1. The molecule has 0 aliphatic heterocycles. The number of benzene rings is 1. The third-order valence-corrected chi connectivity index (χ3v) is 3.89. The van der Waals surface area contributed by atoms with Gasteiger partial charge in [0.15, 0.2) is 6.54 Å². The first-order valence-electron chi connectivity index (χ1n) is 7.47. The van der Waals surface area contributed by atoms with Crippen molar-refractivity contribution in [3.05, 3.63) is 29.8 Å². The molecule has 120 valence electrons. The molecule has 1 amide bonds. The second kappa shape index (κ2) is 7.81. The van der Waals surface area contributed by atoms with Crippen LogP contribution in [0.2, 0.25) is 0 Å². The molecule has 0 spiro atoms. The minimum Gasteiger partial charge on any atom is -0.497 e. The lowest BCUT2D eigenvalue weighted by atomic mass is 9.90. The zero-order valence-corrected chi connectivity index (χ0v) is 14.1. The highest BCUT2D eigenvalue weighted by molar-refractivity contribution is 5.78. The molecule has 2 N–H and O–H groups in total. The van der Waals surface area contributed by atoms with Crippen LogP contribution in [0.15, 0.2) is 24.3 Å². The molecule has 0 aliphatic carbocycles. The van der Waals surface area contributed by atoms with Crippen molar-refractivity contribution < 1.29 is 14.4 Å². The largest absolute Gasteiger partial charge is 0.497 e. The van der Waals surface area contributed by atoms with Gasteiger partial charge in [0.25, 0.3) is 5.91 Å². The van der Waals surface area contributed by atoms with Gasteiger partial charge in [0.05, 0.1) is 20.2 Å². The van der Waals surface area contributed by atoms with Crippen LogP contribution in [0, 0.1) is 17.2 Å². The second-order valence-corrected chi connectivity index (χ2v) is 6.18. The van der Waals surface area contributed by atoms with Crippen LogP contribution in [0.5, 0.6) is 5.75 Å². The number of nitrogens with one attached hydrogen (secondary N) is 2. The van der Waals surface area contributed by atoms with Gasteiger partial charge in [-0.1, -0.05) is 26.0 Å². The summed E-state index contributed by atoms with van der Waals surface area (Å²) in [4.78, 5) is 13.2. The molecule has 1 aromatic rings. The van der Waals surface area contributed by atoms with E-state index in [9.17, 15) is 10.1 Å².